The first-order valence-electron chi connectivity index (χ1n) is 5.66. The molecular weight excluding hydrogens is 248 g/mol. The number of anilines is 1. The number of aromatic nitrogens is 1. The van der Waals surface area contributed by atoms with E-state index < -0.39 is 5.97 Å². The molecule has 1 aromatic heterocycles. The number of carboxylic acid groups (broad SMARTS) is 1. The van der Waals surface area contributed by atoms with Crippen molar-refractivity contribution >= 4 is 22.4 Å². The van der Waals surface area contributed by atoms with E-state index in [4.69, 9.17) is 10.8 Å². The normalized spacial score (nSPS) is 10.5. The highest BCUT2D eigenvalue weighted by atomic mass is 32.1. The van der Waals surface area contributed by atoms with Crippen molar-refractivity contribution in [1.82, 2.24) is 4.98 Å². The summed E-state index contributed by atoms with van der Waals surface area (Å²) in [4.78, 5) is 15.7. The average molecular weight is 262 g/mol. The van der Waals surface area contributed by atoms with Gasteiger partial charge >= 0.3 is 5.97 Å². The zero-order chi connectivity index (χ0) is 13.1. The minimum Gasteiger partial charge on any atom is -0.481 e. The maximum atomic E-state index is 10.8. The van der Waals surface area contributed by atoms with Crippen LogP contribution in [0.1, 0.15) is 17.4 Å². The second-order valence-electron chi connectivity index (χ2n) is 3.94. The van der Waals surface area contributed by atoms with Gasteiger partial charge < -0.3 is 10.8 Å². The molecule has 0 unspecified atom stereocenters. The standard InChI is InChI=1S/C13H14N2O2S/c1-2-8-3-5-9(6-4-8)12-10(7-11(16)17)18-13(14)15-12/h3-6H,2,7H2,1H3,(H2,14,15)(H,16,17). The van der Waals surface area contributed by atoms with E-state index in [2.05, 4.69) is 11.9 Å². The third kappa shape index (κ3) is 2.68. The Hall–Kier alpha value is -1.88. The van der Waals surface area contributed by atoms with Crippen molar-refractivity contribution in [2.75, 3.05) is 5.73 Å². The van der Waals surface area contributed by atoms with Crippen molar-refractivity contribution in [3.8, 4) is 11.3 Å². The van der Waals surface area contributed by atoms with Crippen LogP contribution in [0.2, 0.25) is 0 Å². The van der Waals surface area contributed by atoms with Crippen LogP contribution in [0.25, 0.3) is 11.3 Å². The molecule has 0 saturated carbocycles. The molecule has 2 aromatic rings. The summed E-state index contributed by atoms with van der Waals surface area (Å²) >= 11 is 1.23. The van der Waals surface area contributed by atoms with E-state index in [1.165, 1.54) is 16.9 Å². The molecule has 0 aliphatic rings. The molecule has 0 amide bonds. The third-order valence-corrected chi connectivity index (χ3v) is 3.55. The lowest BCUT2D eigenvalue weighted by atomic mass is 10.1. The van der Waals surface area contributed by atoms with Gasteiger partial charge in [-0.05, 0) is 12.0 Å². The molecule has 18 heavy (non-hydrogen) atoms. The van der Waals surface area contributed by atoms with Crippen LogP contribution in [0.4, 0.5) is 5.13 Å². The number of nitrogens with two attached hydrogens (primary N) is 1. The molecule has 0 spiro atoms. The van der Waals surface area contributed by atoms with Gasteiger partial charge in [0.25, 0.3) is 0 Å². The molecule has 4 nitrogen and oxygen atoms in total. The van der Waals surface area contributed by atoms with E-state index in [1.54, 1.807) is 0 Å². The number of carboxylic acids is 1. The number of nitrogens with zero attached hydrogens (tertiary/aromatic N) is 1. The molecule has 94 valence electrons. The molecule has 0 aliphatic carbocycles. The molecule has 0 aliphatic heterocycles. The number of nitrogen functional groups attached to an aromatic ring is 1. The van der Waals surface area contributed by atoms with Gasteiger partial charge in [-0.15, -0.1) is 11.3 Å². The number of aryl methyl sites for hydroxylation is 1. The predicted molar refractivity (Wildman–Crippen MR) is 72.7 cm³/mol. The summed E-state index contributed by atoms with van der Waals surface area (Å²) in [5.41, 5.74) is 8.50. The summed E-state index contributed by atoms with van der Waals surface area (Å²) in [7, 11) is 0. The van der Waals surface area contributed by atoms with Gasteiger partial charge in [0.2, 0.25) is 0 Å². The first kappa shape index (κ1) is 12.6. The second-order valence-corrected chi connectivity index (χ2v) is 5.06. The van der Waals surface area contributed by atoms with Crippen LogP contribution in [-0.4, -0.2) is 16.1 Å². The zero-order valence-electron chi connectivity index (χ0n) is 10.0. The maximum absolute atomic E-state index is 10.8. The first-order valence-corrected chi connectivity index (χ1v) is 6.48. The lowest BCUT2D eigenvalue weighted by molar-refractivity contribution is -0.136. The van der Waals surface area contributed by atoms with Gasteiger partial charge in [0.05, 0.1) is 12.1 Å². The van der Waals surface area contributed by atoms with Crippen LogP contribution in [0, 0.1) is 0 Å². The monoisotopic (exact) mass is 262 g/mol. The number of thiazole rings is 1. The molecule has 0 radical (unpaired) electrons. The summed E-state index contributed by atoms with van der Waals surface area (Å²) in [5.74, 6) is -0.870. The fourth-order valence-electron chi connectivity index (χ4n) is 1.75. The van der Waals surface area contributed by atoms with E-state index >= 15 is 0 Å². The lowest BCUT2D eigenvalue weighted by Gasteiger charge is -2.02. The Morgan fingerprint density at radius 2 is 2.06 bits per heavy atom. The van der Waals surface area contributed by atoms with Gasteiger partial charge in [-0.3, -0.25) is 4.79 Å². The van der Waals surface area contributed by atoms with Gasteiger partial charge in [-0.25, -0.2) is 4.98 Å². The highest BCUT2D eigenvalue weighted by molar-refractivity contribution is 7.15. The van der Waals surface area contributed by atoms with Crippen molar-refractivity contribution in [3.05, 3.63) is 34.7 Å². The number of benzene rings is 1. The van der Waals surface area contributed by atoms with Gasteiger partial charge in [0.1, 0.15) is 0 Å². The van der Waals surface area contributed by atoms with Gasteiger partial charge in [-0.1, -0.05) is 31.2 Å². The Balaban J connectivity index is 2.39. The highest BCUT2D eigenvalue weighted by Crippen LogP contribution is 2.30. The van der Waals surface area contributed by atoms with Gasteiger partial charge in [-0.2, -0.15) is 0 Å². The summed E-state index contributed by atoms with van der Waals surface area (Å²) in [6.07, 6.45) is 0.932. The molecule has 0 bridgehead atoms. The number of hydrogen-bond donors (Lipinski definition) is 2. The molecular formula is C13H14N2O2S. The topological polar surface area (TPSA) is 76.2 Å². The van der Waals surface area contributed by atoms with Gasteiger partial charge in [0, 0.05) is 10.4 Å². The molecule has 1 aromatic carbocycles. The van der Waals surface area contributed by atoms with E-state index in [0.717, 1.165) is 12.0 Å². The minimum absolute atomic E-state index is 0.0419. The van der Waals surface area contributed by atoms with Crippen molar-refractivity contribution in [1.29, 1.82) is 0 Å². The van der Waals surface area contributed by atoms with Crippen LogP contribution in [0.3, 0.4) is 0 Å². The Morgan fingerprint density at radius 1 is 1.39 bits per heavy atom. The third-order valence-electron chi connectivity index (χ3n) is 2.66. The fraction of sp³-hybridized carbons (Fsp3) is 0.231. The number of aliphatic carboxylic acids is 1. The van der Waals surface area contributed by atoms with Crippen LogP contribution < -0.4 is 5.73 Å². The fourth-order valence-corrected chi connectivity index (χ4v) is 2.60. The summed E-state index contributed by atoms with van der Waals surface area (Å²) < 4.78 is 0. The second kappa shape index (κ2) is 5.18. The quantitative estimate of drug-likeness (QED) is 0.888. The average Bonchev–Trinajstić information content (AvgIpc) is 2.69. The Labute approximate surface area is 109 Å². The smallest absolute Gasteiger partial charge is 0.308 e. The molecule has 0 fully saturated rings. The minimum atomic E-state index is -0.870. The number of carbonyl (C=O) groups is 1. The summed E-state index contributed by atoms with van der Waals surface area (Å²) in [6.45, 7) is 2.09. The van der Waals surface area contributed by atoms with Crippen LogP contribution in [0.5, 0.6) is 0 Å². The van der Waals surface area contributed by atoms with Crippen LogP contribution in [-0.2, 0) is 17.6 Å². The van der Waals surface area contributed by atoms with Crippen LogP contribution in [0.15, 0.2) is 24.3 Å². The van der Waals surface area contributed by atoms with E-state index in [-0.39, 0.29) is 6.42 Å². The highest BCUT2D eigenvalue weighted by Gasteiger charge is 2.14. The Morgan fingerprint density at radius 3 is 2.61 bits per heavy atom. The van der Waals surface area contributed by atoms with Crippen molar-refractivity contribution in [2.24, 2.45) is 0 Å². The largest absolute Gasteiger partial charge is 0.481 e. The first-order chi connectivity index (χ1) is 8.60. The summed E-state index contributed by atoms with van der Waals surface area (Å²) in [5, 5.41) is 9.27. The van der Waals surface area contributed by atoms with E-state index in [0.29, 0.717) is 15.7 Å². The SMILES string of the molecule is CCc1ccc(-c2nc(N)sc2CC(=O)O)cc1. The van der Waals surface area contributed by atoms with E-state index in [9.17, 15) is 4.79 Å². The van der Waals surface area contributed by atoms with E-state index in [1.807, 2.05) is 24.3 Å². The van der Waals surface area contributed by atoms with Gasteiger partial charge in [0.15, 0.2) is 5.13 Å². The molecule has 5 heteroatoms. The molecule has 2 rings (SSSR count). The molecule has 1 heterocycles. The molecule has 0 saturated heterocycles. The lowest BCUT2D eigenvalue weighted by Crippen LogP contribution is -1.99. The zero-order valence-corrected chi connectivity index (χ0v) is 10.8. The van der Waals surface area contributed by atoms with Crippen molar-refractivity contribution < 1.29 is 9.90 Å². The maximum Gasteiger partial charge on any atom is 0.308 e. The predicted octanol–water partition coefficient (Wildman–Crippen LogP) is 2.58. The number of rotatable bonds is 4. The van der Waals surface area contributed by atoms with Crippen molar-refractivity contribution in [3.63, 3.8) is 0 Å². The summed E-state index contributed by atoms with van der Waals surface area (Å²) in [6, 6.07) is 7.96. The molecule has 3 N–H and O–H groups in total. The van der Waals surface area contributed by atoms with Crippen molar-refractivity contribution in [2.45, 2.75) is 19.8 Å². The number of hydrogen-bond acceptors (Lipinski definition) is 4. The van der Waals surface area contributed by atoms with Crippen LogP contribution >= 0.6 is 11.3 Å². The Kier molecular flexibility index (Phi) is 3.62. The molecule has 0 atom stereocenters. The Bertz CT molecular complexity index is 561.